The van der Waals surface area contributed by atoms with Crippen molar-refractivity contribution in [2.45, 2.75) is 19.8 Å². The van der Waals surface area contributed by atoms with E-state index in [2.05, 4.69) is 32.1 Å². The molecule has 0 aromatic carbocycles. The molecule has 2 aromatic heterocycles. The van der Waals surface area contributed by atoms with E-state index >= 15 is 0 Å². The molecular weight excluding hydrogens is 334 g/mol. The van der Waals surface area contributed by atoms with E-state index in [9.17, 15) is 5.11 Å². The number of ether oxygens (including phenoxy) is 1. The van der Waals surface area contributed by atoms with Gasteiger partial charge >= 0.3 is 0 Å². The second-order valence-corrected chi connectivity index (χ2v) is 6.42. The molecule has 0 radical (unpaired) electrons. The lowest BCUT2D eigenvalue weighted by Gasteiger charge is -2.26. The summed E-state index contributed by atoms with van der Waals surface area (Å²) in [7, 11) is 0. The fourth-order valence-electron chi connectivity index (χ4n) is 3.03. The minimum Gasteiger partial charge on any atom is -0.395 e. The largest absolute Gasteiger partial charge is 0.395 e. The topological polar surface area (TPSA) is 102 Å². The summed E-state index contributed by atoms with van der Waals surface area (Å²) in [6.07, 6.45) is 3.75. The quantitative estimate of drug-likeness (QED) is 0.567. The number of aliphatic hydroxyl groups excluding tert-OH is 1. The van der Waals surface area contributed by atoms with E-state index in [0.717, 1.165) is 70.1 Å². The van der Waals surface area contributed by atoms with Crippen molar-refractivity contribution in [1.29, 1.82) is 0 Å². The highest BCUT2D eigenvalue weighted by Crippen LogP contribution is 2.21. The van der Waals surface area contributed by atoms with Gasteiger partial charge in [0.2, 0.25) is 5.95 Å². The van der Waals surface area contributed by atoms with Gasteiger partial charge in [0, 0.05) is 39.3 Å². The number of hydrogen-bond acceptors (Lipinski definition) is 8. The molecule has 0 spiro atoms. The van der Waals surface area contributed by atoms with E-state index in [1.165, 1.54) is 0 Å². The Morgan fingerprint density at radius 1 is 1.31 bits per heavy atom. The smallest absolute Gasteiger partial charge is 0.229 e. The first kappa shape index (κ1) is 18.8. The Labute approximate surface area is 153 Å². The number of imidazole rings is 1. The van der Waals surface area contributed by atoms with Crippen LogP contribution in [0.1, 0.15) is 19.8 Å². The third-order valence-corrected chi connectivity index (χ3v) is 4.53. The highest BCUT2D eigenvalue weighted by atomic mass is 16.5. The van der Waals surface area contributed by atoms with Crippen LogP contribution in [0.2, 0.25) is 0 Å². The van der Waals surface area contributed by atoms with E-state index in [1.54, 1.807) is 6.33 Å². The van der Waals surface area contributed by atoms with E-state index in [-0.39, 0.29) is 6.61 Å². The SMILES string of the molecule is CCCCN(CCO)c1nc(NCCN2CCOCC2)c2[nH]cnc2n1. The van der Waals surface area contributed by atoms with Gasteiger partial charge in [-0.1, -0.05) is 13.3 Å². The van der Waals surface area contributed by atoms with Gasteiger partial charge in [-0.2, -0.15) is 9.97 Å². The van der Waals surface area contributed by atoms with Gasteiger partial charge in [-0.05, 0) is 6.42 Å². The molecule has 0 unspecified atom stereocenters. The van der Waals surface area contributed by atoms with E-state index in [4.69, 9.17) is 9.72 Å². The molecule has 26 heavy (non-hydrogen) atoms. The number of hydrogen-bond donors (Lipinski definition) is 3. The zero-order valence-electron chi connectivity index (χ0n) is 15.4. The van der Waals surface area contributed by atoms with Crippen molar-refractivity contribution in [3.8, 4) is 0 Å². The highest BCUT2D eigenvalue weighted by molar-refractivity contribution is 5.83. The zero-order chi connectivity index (χ0) is 18.2. The summed E-state index contributed by atoms with van der Waals surface area (Å²) < 4.78 is 5.39. The number of unbranched alkanes of at least 4 members (excludes halogenated alkanes) is 1. The third-order valence-electron chi connectivity index (χ3n) is 4.53. The van der Waals surface area contributed by atoms with Crippen LogP contribution in [0.25, 0.3) is 11.2 Å². The van der Waals surface area contributed by atoms with Gasteiger partial charge in [0.15, 0.2) is 11.5 Å². The molecule has 2 aromatic rings. The van der Waals surface area contributed by atoms with Crippen LogP contribution < -0.4 is 10.2 Å². The number of anilines is 2. The van der Waals surface area contributed by atoms with Gasteiger partial charge in [-0.15, -0.1) is 0 Å². The van der Waals surface area contributed by atoms with Crippen molar-refractivity contribution in [2.75, 3.05) is 69.3 Å². The maximum atomic E-state index is 9.38. The summed E-state index contributed by atoms with van der Waals surface area (Å²) in [6, 6.07) is 0. The molecule has 3 heterocycles. The van der Waals surface area contributed by atoms with Crippen LogP contribution in [0.3, 0.4) is 0 Å². The lowest BCUT2D eigenvalue weighted by Crippen LogP contribution is -2.39. The number of rotatable bonds is 10. The van der Waals surface area contributed by atoms with E-state index in [0.29, 0.717) is 18.1 Å². The van der Waals surface area contributed by atoms with Crippen LogP contribution in [0.5, 0.6) is 0 Å². The molecule has 0 atom stereocenters. The Balaban J connectivity index is 1.71. The number of morpholine rings is 1. The molecule has 144 valence electrons. The van der Waals surface area contributed by atoms with Crippen LogP contribution in [0.15, 0.2) is 6.33 Å². The van der Waals surface area contributed by atoms with Gasteiger partial charge < -0.3 is 25.0 Å². The lowest BCUT2D eigenvalue weighted by atomic mass is 10.3. The average molecular weight is 363 g/mol. The van der Waals surface area contributed by atoms with Gasteiger partial charge in [0.25, 0.3) is 0 Å². The zero-order valence-corrected chi connectivity index (χ0v) is 15.4. The molecule has 9 nitrogen and oxygen atoms in total. The standard InChI is InChI=1S/C17H29N7O2/c1-2-3-5-24(7-10-25)17-21-15(14-16(22-17)20-13-19-14)18-4-6-23-8-11-26-12-9-23/h13,25H,2-12H2,1H3,(H2,18,19,20,21,22). The minimum absolute atomic E-state index is 0.0749. The Morgan fingerprint density at radius 3 is 2.92 bits per heavy atom. The third kappa shape index (κ3) is 4.80. The van der Waals surface area contributed by atoms with Crippen molar-refractivity contribution in [3.05, 3.63) is 6.33 Å². The van der Waals surface area contributed by atoms with Crippen molar-refractivity contribution in [3.63, 3.8) is 0 Å². The number of aliphatic hydroxyl groups is 1. The molecular formula is C17H29N7O2. The fourth-order valence-corrected chi connectivity index (χ4v) is 3.03. The maximum Gasteiger partial charge on any atom is 0.229 e. The van der Waals surface area contributed by atoms with E-state index in [1.807, 2.05) is 4.90 Å². The predicted molar refractivity (Wildman–Crippen MR) is 102 cm³/mol. The van der Waals surface area contributed by atoms with Crippen LogP contribution >= 0.6 is 0 Å². The molecule has 1 saturated heterocycles. The first-order valence-electron chi connectivity index (χ1n) is 9.42. The summed E-state index contributed by atoms with van der Waals surface area (Å²) in [4.78, 5) is 21.1. The Hall–Kier alpha value is -1.97. The van der Waals surface area contributed by atoms with Crippen LogP contribution in [-0.2, 0) is 4.74 Å². The first-order valence-corrected chi connectivity index (χ1v) is 9.42. The monoisotopic (exact) mass is 363 g/mol. The molecule has 1 fully saturated rings. The molecule has 1 aliphatic rings. The van der Waals surface area contributed by atoms with Crippen LogP contribution in [0, 0.1) is 0 Å². The molecule has 3 N–H and O–H groups in total. The second-order valence-electron chi connectivity index (χ2n) is 6.42. The van der Waals surface area contributed by atoms with Gasteiger partial charge in [0.1, 0.15) is 5.52 Å². The van der Waals surface area contributed by atoms with Crippen molar-refractivity contribution in [1.82, 2.24) is 24.8 Å². The Morgan fingerprint density at radius 2 is 2.15 bits per heavy atom. The Bertz CT molecular complexity index is 672. The predicted octanol–water partition coefficient (Wildman–Crippen LogP) is 0.696. The van der Waals surface area contributed by atoms with Gasteiger partial charge in [-0.3, -0.25) is 4.90 Å². The number of aromatic nitrogens is 4. The summed E-state index contributed by atoms with van der Waals surface area (Å²) in [5.41, 5.74) is 1.46. The number of H-pyrrole nitrogens is 1. The van der Waals surface area contributed by atoms with Crippen molar-refractivity contribution in [2.24, 2.45) is 0 Å². The van der Waals surface area contributed by atoms with Crippen LogP contribution in [-0.4, -0.2) is 89.0 Å². The Kier molecular flexibility index (Phi) is 6.98. The fraction of sp³-hybridized carbons (Fsp3) is 0.706. The lowest BCUT2D eigenvalue weighted by molar-refractivity contribution is 0.0398. The molecule has 1 aliphatic heterocycles. The number of nitrogens with one attached hydrogen (secondary N) is 2. The molecule has 9 heteroatoms. The van der Waals surface area contributed by atoms with E-state index < -0.39 is 0 Å². The van der Waals surface area contributed by atoms with Crippen molar-refractivity contribution < 1.29 is 9.84 Å². The van der Waals surface area contributed by atoms with Crippen molar-refractivity contribution >= 4 is 22.9 Å². The number of nitrogens with zero attached hydrogens (tertiary/aromatic N) is 5. The summed E-state index contributed by atoms with van der Waals surface area (Å²) >= 11 is 0. The molecule has 0 bridgehead atoms. The van der Waals surface area contributed by atoms with Gasteiger partial charge in [0.05, 0.1) is 26.1 Å². The van der Waals surface area contributed by atoms with Crippen LogP contribution in [0.4, 0.5) is 11.8 Å². The number of fused-ring (bicyclic) bond motifs is 1. The first-order chi connectivity index (χ1) is 12.8. The second kappa shape index (κ2) is 9.65. The summed E-state index contributed by atoms with van der Waals surface area (Å²) in [6.45, 7) is 8.83. The number of aromatic amines is 1. The molecule has 0 amide bonds. The maximum absolute atomic E-state index is 9.38. The molecule has 0 saturated carbocycles. The summed E-state index contributed by atoms with van der Waals surface area (Å²) in [5, 5.41) is 12.8. The molecule has 0 aliphatic carbocycles. The summed E-state index contributed by atoms with van der Waals surface area (Å²) in [5.74, 6) is 1.37. The molecule has 3 rings (SSSR count). The normalized spacial score (nSPS) is 15.5. The van der Waals surface area contributed by atoms with Gasteiger partial charge in [-0.25, -0.2) is 4.98 Å². The highest BCUT2D eigenvalue weighted by Gasteiger charge is 2.15. The average Bonchev–Trinajstić information content (AvgIpc) is 3.15. The minimum atomic E-state index is 0.0749.